The maximum absolute atomic E-state index is 10.2. The minimum Gasteiger partial charge on any atom is -0.390 e. The number of hydrogen-bond donors (Lipinski definition) is 2. The second kappa shape index (κ2) is 9.77. The summed E-state index contributed by atoms with van der Waals surface area (Å²) in [5.74, 6) is 0.696. The van der Waals surface area contributed by atoms with Crippen LogP contribution in [0.5, 0.6) is 0 Å². The van der Waals surface area contributed by atoms with Gasteiger partial charge in [0.1, 0.15) is 0 Å². The Morgan fingerprint density at radius 2 is 1.80 bits per heavy atom. The van der Waals surface area contributed by atoms with Crippen LogP contribution in [0.4, 0.5) is 0 Å². The van der Waals surface area contributed by atoms with E-state index in [1.807, 2.05) is 42.5 Å². The number of benzene rings is 1. The van der Waals surface area contributed by atoms with Crippen molar-refractivity contribution in [3.63, 3.8) is 0 Å². The van der Waals surface area contributed by atoms with Crippen molar-refractivity contribution in [2.24, 2.45) is 5.73 Å². The molecule has 2 unspecified atom stereocenters. The summed E-state index contributed by atoms with van der Waals surface area (Å²) < 4.78 is 0. The standard InChI is InChI=1S/C16H24N2OS/c1-3-10-18(11-4-2)12-16(19)15(17)13-20-14-8-6-5-7-9-14/h3-9,15-16,19H,1-2,10-13,17H2. The second-order valence-electron chi connectivity index (χ2n) is 4.65. The first-order chi connectivity index (χ1) is 9.67. The molecule has 0 bridgehead atoms. The molecule has 0 aliphatic rings. The Morgan fingerprint density at radius 3 is 2.35 bits per heavy atom. The number of nitrogens with zero attached hydrogens (tertiary/aromatic N) is 1. The van der Waals surface area contributed by atoms with E-state index < -0.39 is 6.10 Å². The van der Waals surface area contributed by atoms with Gasteiger partial charge in [-0.2, -0.15) is 0 Å². The first kappa shape index (κ1) is 17.0. The summed E-state index contributed by atoms with van der Waals surface area (Å²) in [5.41, 5.74) is 6.06. The van der Waals surface area contributed by atoms with Crippen molar-refractivity contribution in [3.05, 3.63) is 55.6 Å². The number of aliphatic hydroxyl groups excluding tert-OH is 1. The van der Waals surface area contributed by atoms with E-state index in [0.29, 0.717) is 12.3 Å². The van der Waals surface area contributed by atoms with Gasteiger partial charge >= 0.3 is 0 Å². The Morgan fingerprint density at radius 1 is 1.20 bits per heavy atom. The van der Waals surface area contributed by atoms with Crippen LogP contribution in [0.2, 0.25) is 0 Å². The SMILES string of the molecule is C=CCN(CC=C)CC(O)C(N)CSc1ccccc1. The molecule has 3 nitrogen and oxygen atoms in total. The molecule has 3 N–H and O–H groups in total. The Bertz CT molecular complexity index is 387. The molecular formula is C16H24N2OS. The highest BCUT2D eigenvalue weighted by Gasteiger charge is 2.17. The minimum absolute atomic E-state index is 0.252. The molecule has 0 saturated carbocycles. The molecule has 0 aliphatic carbocycles. The third-order valence-corrected chi connectivity index (χ3v) is 4.06. The summed E-state index contributed by atoms with van der Waals surface area (Å²) in [6.07, 6.45) is 3.09. The monoisotopic (exact) mass is 292 g/mol. The maximum atomic E-state index is 10.2. The fourth-order valence-electron chi connectivity index (χ4n) is 1.81. The van der Waals surface area contributed by atoms with Gasteiger partial charge in [-0.3, -0.25) is 4.90 Å². The molecule has 0 fully saturated rings. The molecule has 0 saturated heterocycles. The number of thioether (sulfide) groups is 1. The van der Waals surface area contributed by atoms with E-state index in [1.165, 1.54) is 4.90 Å². The zero-order valence-corrected chi connectivity index (χ0v) is 12.6. The summed E-state index contributed by atoms with van der Waals surface area (Å²) in [6.45, 7) is 9.42. The minimum atomic E-state index is -0.550. The number of nitrogens with two attached hydrogens (primary N) is 1. The van der Waals surface area contributed by atoms with Crippen molar-refractivity contribution in [1.29, 1.82) is 0 Å². The number of aliphatic hydroxyl groups is 1. The lowest BCUT2D eigenvalue weighted by Gasteiger charge is -2.25. The third kappa shape index (κ3) is 6.39. The lowest BCUT2D eigenvalue weighted by Crippen LogP contribution is -2.45. The molecule has 2 atom stereocenters. The predicted molar refractivity (Wildman–Crippen MR) is 88.0 cm³/mol. The van der Waals surface area contributed by atoms with Gasteiger partial charge < -0.3 is 10.8 Å². The lowest BCUT2D eigenvalue weighted by atomic mass is 10.2. The van der Waals surface area contributed by atoms with Crippen molar-refractivity contribution < 1.29 is 5.11 Å². The second-order valence-corrected chi connectivity index (χ2v) is 5.74. The number of rotatable bonds is 10. The molecule has 1 rings (SSSR count). The van der Waals surface area contributed by atoms with Crippen LogP contribution in [0.1, 0.15) is 0 Å². The van der Waals surface area contributed by atoms with E-state index in [9.17, 15) is 5.11 Å². The molecule has 1 aromatic rings. The fourth-order valence-corrected chi connectivity index (χ4v) is 2.77. The molecule has 110 valence electrons. The highest BCUT2D eigenvalue weighted by Crippen LogP contribution is 2.18. The Hall–Kier alpha value is -1.07. The van der Waals surface area contributed by atoms with Crippen molar-refractivity contribution in [2.75, 3.05) is 25.4 Å². The first-order valence-corrected chi connectivity index (χ1v) is 7.71. The summed E-state index contributed by atoms with van der Waals surface area (Å²) >= 11 is 1.67. The molecular weight excluding hydrogens is 268 g/mol. The van der Waals surface area contributed by atoms with Crippen LogP contribution in [0.3, 0.4) is 0 Å². The lowest BCUT2D eigenvalue weighted by molar-refractivity contribution is 0.107. The quantitative estimate of drug-likeness (QED) is 0.512. The smallest absolute Gasteiger partial charge is 0.0826 e. The molecule has 0 aliphatic heterocycles. The van der Waals surface area contributed by atoms with Gasteiger partial charge in [-0.15, -0.1) is 24.9 Å². The Labute approximate surface area is 126 Å². The van der Waals surface area contributed by atoms with Crippen molar-refractivity contribution >= 4 is 11.8 Å². The van der Waals surface area contributed by atoms with E-state index in [1.54, 1.807) is 11.8 Å². The third-order valence-electron chi connectivity index (χ3n) is 2.90. The van der Waals surface area contributed by atoms with Crippen LogP contribution in [0.15, 0.2) is 60.5 Å². The normalized spacial score (nSPS) is 13.9. The van der Waals surface area contributed by atoms with Gasteiger partial charge in [-0.1, -0.05) is 30.4 Å². The van der Waals surface area contributed by atoms with Gasteiger partial charge in [0, 0.05) is 36.3 Å². The van der Waals surface area contributed by atoms with Gasteiger partial charge in [0.25, 0.3) is 0 Å². The Balaban J connectivity index is 2.39. The van der Waals surface area contributed by atoms with Crippen LogP contribution in [0.25, 0.3) is 0 Å². The average molecular weight is 292 g/mol. The zero-order chi connectivity index (χ0) is 14.8. The van der Waals surface area contributed by atoms with Gasteiger partial charge in [-0.05, 0) is 12.1 Å². The predicted octanol–water partition coefficient (Wildman–Crippen LogP) is 2.14. The van der Waals surface area contributed by atoms with Gasteiger partial charge in [0.15, 0.2) is 0 Å². The largest absolute Gasteiger partial charge is 0.390 e. The van der Waals surface area contributed by atoms with E-state index in [-0.39, 0.29) is 6.04 Å². The van der Waals surface area contributed by atoms with E-state index in [4.69, 9.17) is 5.73 Å². The molecule has 20 heavy (non-hydrogen) atoms. The van der Waals surface area contributed by atoms with E-state index in [0.717, 1.165) is 13.1 Å². The molecule has 0 amide bonds. The van der Waals surface area contributed by atoms with Crippen LogP contribution < -0.4 is 5.73 Å². The van der Waals surface area contributed by atoms with Crippen molar-refractivity contribution in [2.45, 2.75) is 17.0 Å². The topological polar surface area (TPSA) is 49.5 Å². The molecule has 0 radical (unpaired) electrons. The summed E-state index contributed by atoms with van der Waals surface area (Å²) in [7, 11) is 0. The van der Waals surface area contributed by atoms with E-state index in [2.05, 4.69) is 18.1 Å². The van der Waals surface area contributed by atoms with Crippen LogP contribution in [-0.2, 0) is 0 Å². The summed E-state index contributed by atoms with van der Waals surface area (Å²) in [6, 6.07) is 9.83. The van der Waals surface area contributed by atoms with Crippen molar-refractivity contribution in [3.8, 4) is 0 Å². The van der Waals surface area contributed by atoms with Crippen molar-refractivity contribution in [1.82, 2.24) is 4.90 Å². The molecule has 0 heterocycles. The highest BCUT2D eigenvalue weighted by molar-refractivity contribution is 7.99. The molecule has 1 aromatic carbocycles. The maximum Gasteiger partial charge on any atom is 0.0826 e. The molecule has 4 heteroatoms. The number of hydrogen-bond acceptors (Lipinski definition) is 4. The van der Waals surface area contributed by atoms with Gasteiger partial charge in [0.2, 0.25) is 0 Å². The Kier molecular flexibility index (Phi) is 8.30. The summed E-state index contributed by atoms with van der Waals surface area (Å²) in [4.78, 5) is 3.24. The summed E-state index contributed by atoms with van der Waals surface area (Å²) in [5, 5.41) is 10.2. The average Bonchev–Trinajstić information content (AvgIpc) is 2.46. The first-order valence-electron chi connectivity index (χ1n) is 6.73. The van der Waals surface area contributed by atoms with Crippen LogP contribution in [-0.4, -0.2) is 47.5 Å². The van der Waals surface area contributed by atoms with Gasteiger partial charge in [-0.25, -0.2) is 0 Å². The van der Waals surface area contributed by atoms with Crippen LogP contribution >= 0.6 is 11.8 Å². The van der Waals surface area contributed by atoms with Crippen LogP contribution in [0, 0.1) is 0 Å². The fraction of sp³-hybridized carbons (Fsp3) is 0.375. The zero-order valence-electron chi connectivity index (χ0n) is 11.8. The highest BCUT2D eigenvalue weighted by atomic mass is 32.2. The van der Waals surface area contributed by atoms with E-state index >= 15 is 0 Å². The molecule has 0 aromatic heterocycles. The molecule has 0 spiro atoms. The van der Waals surface area contributed by atoms with Gasteiger partial charge in [0.05, 0.1) is 6.10 Å².